The smallest absolute Gasteiger partial charge is 0.224 e. The fourth-order valence-corrected chi connectivity index (χ4v) is 0.693. The molecule has 3 heteroatoms. The van der Waals surface area contributed by atoms with Crippen molar-refractivity contribution >= 4 is 15.8 Å². The summed E-state index contributed by atoms with van der Waals surface area (Å²) in [5.74, 6) is 0. The first kappa shape index (κ1) is 6.60. The van der Waals surface area contributed by atoms with Crippen molar-refractivity contribution in [3.63, 3.8) is 0 Å². The fraction of sp³-hybridized carbons (Fsp3) is 0.750. The molecule has 0 bridgehead atoms. The van der Waals surface area contributed by atoms with Gasteiger partial charge in [0, 0.05) is 0 Å². The molecule has 0 aliphatic carbocycles. The van der Waals surface area contributed by atoms with E-state index in [2.05, 4.69) is 11.6 Å². The minimum absolute atomic E-state index is 0.0231. The minimum Gasteiger partial charge on any atom is -0.253 e. The molecule has 39 valence electrons. The van der Waals surface area contributed by atoms with E-state index in [0.29, 0.717) is 0 Å². The van der Waals surface area contributed by atoms with E-state index >= 15 is 0 Å². The highest BCUT2D eigenvalue weighted by atomic mass is 28.2. The van der Waals surface area contributed by atoms with Crippen molar-refractivity contribution in [1.82, 2.24) is 0 Å². The lowest BCUT2D eigenvalue weighted by molar-refractivity contribution is 0.566. The monoisotopic (exact) mass is 114 g/mol. The molecule has 0 aromatic heterocycles. The van der Waals surface area contributed by atoms with E-state index in [0.717, 1.165) is 12.5 Å². The summed E-state index contributed by atoms with van der Waals surface area (Å²) in [5, 5.41) is 0. The first-order valence-corrected chi connectivity index (χ1v) is 3.63. The van der Waals surface area contributed by atoms with E-state index in [-0.39, 0.29) is 9.68 Å². The van der Waals surface area contributed by atoms with Crippen molar-refractivity contribution in [3.05, 3.63) is 0 Å². The topological polar surface area (TPSA) is 29.4 Å². The van der Waals surface area contributed by atoms with Crippen LogP contribution >= 0.6 is 0 Å². The second-order valence-electron chi connectivity index (χ2n) is 1.19. The van der Waals surface area contributed by atoms with Gasteiger partial charge in [-0.3, -0.25) is 4.66 Å². The van der Waals surface area contributed by atoms with Crippen molar-refractivity contribution in [2.24, 2.45) is 4.66 Å². The SMILES string of the molecule is CCC[SiH]N=C=O. The molecule has 2 nitrogen and oxygen atoms in total. The normalized spacial score (nSPS) is 7.57. The molecule has 0 aromatic carbocycles. The number of carbonyl (C=O) groups excluding carboxylic acids is 1. The molecule has 0 saturated carbocycles. The Bertz CT molecular complexity index is 77.8. The molecule has 0 aromatic rings. The fourth-order valence-electron chi connectivity index (χ4n) is 0.231. The van der Waals surface area contributed by atoms with Gasteiger partial charge in [-0.1, -0.05) is 13.3 Å². The number of hydrogen-bond acceptors (Lipinski definition) is 2. The number of isocyanates is 1. The van der Waals surface area contributed by atoms with Crippen LogP contribution in [0.5, 0.6) is 0 Å². The zero-order valence-corrected chi connectivity index (χ0v) is 5.50. The summed E-state index contributed by atoms with van der Waals surface area (Å²) in [6.07, 6.45) is 2.64. The van der Waals surface area contributed by atoms with Crippen LogP contribution in [0.4, 0.5) is 0 Å². The quantitative estimate of drug-likeness (QED) is 0.227. The van der Waals surface area contributed by atoms with Gasteiger partial charge in [-0.25, -0.2) is 4.79 Å². The van der Waals surface area contributed by atoms with Gasteiger partial charge in [-0.2, -0.15) is 0 Å². The Hall–Kier alpha value is -0.403. The Balaban J connectivity index is 2.83. The minimum atomic E-state index is 0.0231. The highest BCUT2D eigenvalue weighted by Gasteiger charge is 1.77. The number of nitrogens with zero attached hydrogens (tertiary/aromatic N) is 1. The van der Waals surface area contributed by atoms with Gasteiger partial charge in [0.15, 0.2) is 9.68 Å². The van der Waals surface area contributed by atoms with E-state index < -0.39 is 0 Å². The van der Waals surface area contributed by atoms with Crippen molar-refractivity contribution in [1.29, 1.82) is 0 Å². The third-order valence-electron chi connectivity index (χ3n) is 0.562. The van der Waals surface area contributed by atoms with E-state index in [1.165, 1.54) is 6.08 Å². The predicted molar refractivity (Wildman–Crippen MR) is 30.4 cm³/mol. The molecule has 0 atom stereocenters. The van der Waals surface area contributed by atoms with Crippen molar-refractivity contribution in [2.45, 2.75) is 19.4 Å². The average Bonchev–Trinajstić information content (AvgIpc) is 1.69. The highest BCUT2D eigenvalue weighted by molar-refractivity contribution is 6.34. The maximum absolute atomic E-state index is 9.41. The van der Waals surface area contributed by atoms with Gasteiger partial charge >= 0.3 is 0 Å². The Labute approximate surface area is 45.5 Å². The van der Waals surface area contributed by atoms with E-state index in [1.807, 2.05) is 0 Å². The lowest BCUT2D eigenvalue weighted by atomic mass is 10.6. The number of hydrogen-bond donors (Lipinski definition) is 0. The summed E-state index contributed by atoms with van der Waals surface area (Å²) < 4.78 is 3.44. The molecule has 7 heavy (non-hydrogen) atoms. The van der Waals surface area contributed by atoms with Gasteiger partial charge in [-0.05, 0) is 6.04 Å². The van der Waals surface area contributed by atoms with Gasteiger partial charge in [0.05, 0.1) is 0 Å². The van der Waals surface area contributed by atoms with Crippen LogP contribution in [0.15, 0.2) is 4.66 Å². The van der Waals surface area contributed by atoms with Gasteiger partial charge in [0.2, 0.25) is 6.08 Å². The summed E-state index contributed by atoms with van der Waals surface area (Å²) in [7, 11) is 0.0231. The zero-order chi connectivity index (χ0) is 5.54. The summed E-state index contributed by atoms with van der Waals surface area (Å²) in [6.45, 7) is 2.08. The maximum Gasteiger partial charge on any atom is 0.224 e. The van der Waals surface area contributed by atoms with Gasteiger partial charge < -0.3 is 0 Å². The van der Waals surface area contributed by atoms with Crippen LogP contribution in [0.2, 0.25) is 6.04 Å². The molecule has 1 radical (unpaired) electrons. The first-order valence-electron chi connectivity index (χ1n) is 2.30. The van der Waals surface area contributed by atoms with Crippen LogP contribution in [0.25, 0.3) is 0 Å². The van der Waals surface area contributed by atoms with Crippen LogP contribution in [-0.2, 0) is 4.79 Å². The molecular formula is C4H8NOSi. The van der Waals surface area contributed by atoms with Crippen molar-refractivity contribution in [2.75, 3.05) is 0 Å². The molecule has 0 fully saturated rings. The second kappa shape index (κ2) is 5.60. The molecule has 0 saturated heterocycles. The Kier molecular flexibility index (Phi) is 5.27. The molecule has 0 aliphatic heterocycles. The molecule has 0 aliphatic rings. The number of rotatable bonds is 3. The van der Waals surface area contributed by atoms with Gasteiger partial charge in [0.1, 0.15) is 0 Å². The van der Waals surface area contributed by atoms with E-state index in [9.17, 15) is 4.79 Å². The molecule has 0 unspecified atom stereocenters. The molecule has 0 heterocycles. The average molecular weight is 114 g/mol. The molecular weight excluding hydrogens is 106 g/mol. The van der Waals surface area contributed by atoms with E-state index in [1.54, 1.807) is 0 Å². The lowest BCUT2D eigenvalue weighted by Gasteiger charge is -1.78. The third-order valence-corrected chi connectivity index (χ3v) is 1.69. The lowest BCUT2D eigenvalue weighted by Crippen LogP contribution is -1.79. The van der Waals surface area contributed by atoms with Crippen molar-refractivity contribution in [3.8, 4) is 0 Å². The summed E-state index contributed by atoms with van der Waals surface area (Å²) in [6, 6.07) is 1.08. The van der Waals surface area contributed by atoms with E-state index in [4.69, 9.17) is 0 Å². The van der Waals surface area contributed by atoms with Crippen LogP contribution < -0.4 is 0 Å². The molecule has 0 N–H and O–H groups in total. The van der Waals surface area contributed by atoms with Crippen LogP contribution in [0, 0.1) is 0 Å². The van der Waals surface area contributed by atoms with Crippen molar-refractivity contribution < 1.29 is 4.79 Å². The Morgan fingerprint density at radius 3 is 3.00 bits per heavy atom. The molecule has 0 spiro atoms. The first-order chi connectivity index (χ1) is 3.41. The van der Waals surface area contributed by atoms with Gasteiger partial charge in [-0.15, -0.1) is 0 Å². The largest absolute Gasteiger partial charge is 0.253 e. The second-order valence-corrected chi connectivity index (χ2v) is 2.39. The van der Waals surface area contributed by atoms with Gasteiger partial charge in [0.25, 0.3) is 0 Å². The summed E-state index contributed by atoms with van der Waals surface area (Å²) >= 11 is 0. The standard InChI is InChI=1S/C4H8NOSi/c1-2-3-7-5-4-6/h7H,2-3H2,1H3. The van der Waals surface area contributed by atoms with Crippen LogP contribution in [0.3, 0.4) is 0 Å². The highest BCUT2D eigenvalue weighted by Crippen LogP contribution is 1.82. The zero-order valence-electron chi connectivity index (χ0n) is 4.35. The predicted octanol–water partition coefficient (Wildman–Crippen LogP) is 0.502. The Morgan fingerprint density at radius 2 is 2.57 bits per heavy atom. The molecule has 0 amide bonds. The summed E-state index contributed by atoms with van der Waals surface area (Å²) in [4.78, 5) is 9.41. The van der Waals surface area contributed by atoms with Crippen LogP contribution in [-0.4, -0.2) is 15.8 Å². The van der Waals surface area contributed by atoms with Crippen LogP contribution in [0.1, 0.15) is 13.3 Å². The third kappa shape index (κ3) is 5.60. The summed E-state index contributed by atoms with van der Waals surface area (Å²) in [5.41, 5.74) is 0. The Morgan fingerprint density at radius 1 is 1.86 bits per heavy atom. The maximum atomic E-state index is 9.41. The molecule has 0 rings (SSSR count).